The summed E-state index contributed by atoms with van der Waals surface area (Å²) in [5, 5.41) is 27.2. The number of fused-ring (bicyclic) bond motifs is 2. The molecule has 0 unspecified atom stereocenters. The van der Waals surface area contributed by atoms with E-state index in [4.69, 9.17) is 0 Å². The fraction of sp³-hybridized carbons (Fsp3) is 0.227. The lowest BCUT2D eigenvalue weighted by Gasteiger charge is -2.27. The van der Waals surface area contributed by atoms with Gasteiger partial charge in [-0.25, -0.2) is 4.98 Å². The van der Waals surface area contributed by atoms with E-state index >= 15 is 0 Å². The first-order valence-electron chi connectivity index (χ1n) is 9.04. The molecule has 0 bridgehead atoms. The van der Waals surface area contributed by atoms with Gasteiger partial charge < -0.3 is 20.1 Å². The van der Waals surface area contributed by atoms with Gasteiger partial charge in [0.05, 0.1) is 30.8 Å². The minimum atomic E-state index is -0.731. The van der Waals surface area contributed by atoms with Crippen LogP contribution in [0.25, 0.3) is 27.2 Å². The van der Waals surface area contributed by atoms with Crippen LogP contribution in [0.5, 0.6) is 0 Å². The number of aliphatic hydroxyl groups excluding tert-OH is 2. The lowest BCUT2D eigenvalue weighted by Crippen LogP contribution is -2.48. The van der Waals surface area contributed by atoms with E-state index in [1.165, 1.54) is 0 Å². The molecule has 0 aliphatic heterocycles. The lowest BCUT2D eigenvalue weighted by atomic mass is 9.93. The van der Waals surface area contributed by atoms with Gasteiger partial charge in [-0.3, -0.25) is 0 Å². The Kier molecular flexibility index (Phi) is 4.66. The summed E-state index contributed by atoms with van der Waals surface area (Å²) in [4.78, 5) is 4.22. The highest BCUT2D eigenvalue weighted by Gasteiger charge is 2.23. The maximum atomic E-state index is 9.63. The van der Waals surface area contributed by atoms with Crippen LogP contribution in [0.1, 0.15) is 12.5 Å². The first kappa shape index (κ1) is 17.7. The van der Waals surface area contributed by atoms with Crippen molar-refractivity contribution in [3.05, 3.63) is 72.8 Å². The molecule has 5 nitrogen and oxygen atoms in total. The number of benzene rings is 3. The standard InChI is InChI=1S/C22H23N3O2/c1-22(13-26,14-27)24-12-20-16-6-2-4-8-18(16)21(25-11-10-23-15-25)19-9-5-3-7-17(19)20/h2-11,15,24,26-27H,12-14H2,1H3. The molecule has 0 radical (unpaired) electrons. The second-order valence-electron chi connectivity index (χ2n) is 7.12. The molecule has 0 saturated carbocycles. The van der Waals surface area contributed by atoms with E-state index in [-0.39, 0.29) is 13.2 Å². The Bertz CT molecular complexity index is 1010. The zero-order valence-corrected chi connectivity index (χ0v) is 15.3. The monoisotopic (exact) mass is 361 g/mol. The molecule has 3 aromatic carbocycles. The summed E-state index contributed by atoms with van der Waals surface area (Å²) in [6, 6.07) is 16.6. The Morgan fingerprint density at radius 2 is 1.48 bits per heavy atom. The summed E-state index contributed by atoms with van der Waals surface area (Å²) in [7, 11) is 0. The van der Waals surface area contributed by atoms with Crippen LogP contribution in [0.4, 0.5) is 0 Å². The van der Waals surface area contributed by atoms with Crippen molar-refractivity contribution in [2.45, 2.75) is 19.0 Å². The molecule has 4 aromatic rings. The molecule has 0 fully saturated rings. The smallest absolute Gasteiger partial charge is 0.0992 e. The highest BCUT2D eigenvalue weighted by Crippen LogP contribution is 2.35. The van der Waals surface area contributed by atoms with E-state index in [9.17, 15) is 10.2 Å². The van der Waals surface area contributed by atoms with Crippen LogP contribution >= 0.6 is 0 Å². The van der Waals surface area contributed by atoms with E-state index in [1.807, 2.05) is 48.3 Å². The number of nitrogens with zero attached hydrogens (tertiary/aromatic N) is 2. The van der Waals surface area contributed by atoms with Crippen LogP contribution in [-0.2, 0) is 6.54 Å². The van der Waals surface area contributed by atoms with Crippen molar-refractivity contribution in [2.24, 2.45) is 0 Å². The summed E-state index contributed by atoms with van der Waals surface area (Å²) in [6.45, 7) is 2.10. The summed E-state index contributed by atoms with van der Waals surface area (Å²) < 4.78 is 2.05. The van der Waals surface area contributed by atoms with Gasteiger partial charge in [0.25, 0.3) is 0 Å². The normalized spacial score (nSPS) is 12.1. The van der Waals surface area contributed by atoms with Crippen molar-refractivity contribution in [2.75, 3.05) is 13.2 Å². The highest BCUT2D eigenvalue weighted by molar-refractivity contribution is 6.10. The van der Waals surface area contributed by atoms with E-state index in [1.54, 1.807) is 6.20 Å². The van der Waals surface area contributed by atoms with E-state index in [0.717, 1.165) is 32.8 Å². The minimum absolute atomic E-state index is 0.132. The van der Waals surface area contributed by atoms with Crippen LogP contribution < -0.4 is 5.32 Å². The summed E-state index contributed by atoms with van der Waals surface area (Å²) >= 11 is 0. The highest BCUT2D eigenvalue weighted by atomic mass is 16.3. The first-order valence-corrected chi connectivity index (χ1v) is 9.04. The van der Waals surface area contributed by atoms with Crippen LogP contribution in [0.2, 0.25) is 0 Å². The predicted octanol–water partition coefficient (Wildman–Crippen LogP) is 3.01. The summed E-state index contributed by atoms with van der Waals surface area (Å²) in [6.07, 6.45) is 5.56. The Labute approximate surface area is 157 Å². The van der Waals surface area contributed by atoms with Crippen molar-refractivity contribution in [3.63, 3.8) is 0 Å². The maximum absolute atomic E-state index is 9.63. The number of nitrogens with one attached hydrogen (secondary N) is 1. The van der Waals surface area contributed by atoms with Gasteiger partial charge >= 0.3 is 0 Å². The second-order valence-corrected chi connectivity index (χ2v) is 7.12. The first-order chi connectivity index (χ1) is 13.2. The number of hydrogen-bond acceptors (Lipinski definition) is 4. The third-order valence-electron chi connectivity index (χ3n) is 5.17. The molecule has 1 aromatic heterocycles. The van der Waals surface area contributed by atoms with Crippen molar-refractivity contribution in [1.29, 1.82) is 0 Å². The third-order valence-corrected chi connectivity index (χ3v) is 5.17. The number of imidazole rings is 1. The summed E-state index contributed by atoms with van der Waals surface area (Å²) in [5.74, 6) is 0. The zero-order chi connectivity index (χ0) is 18.9. The predicted molar refractivity (Wildman–Crippen MR) is 108 cm³/mol. The Morgan fingerprint density at radius 1 is 0.926 bits per heavy atom. The van der Waals surface area contributed by atoms with Crippen molar-refractivity contribution in [1.82, 2.24) is 14.9 Å². The topological polar surface area (TPSA) is 70.3 Å². The third kappa shape index (κ3) is 3.10. The Hall–Kier alpha value is -2.73. The van der Waals surface area contributed by atoms with E-state index in [2.05, 4.69) is 34.6 Å². The molecule has 4 rings (SSSR count). The summed E-state index contributed by atoms with van der Waals surface area (Å²) in [5.41, 5.74) is 1.53. The Balaban J connectivity index is 1.98. The molecule has 0 aliphatic rings. The molecular formula is C22H23N3O2. The largest absolute Gasteiger partial charge is 0.394 e. The molecule has 0 atom stereocenters. The Morgan fingerprint density at radius 3 is 1.96 bits per heavy atom. The van der Waals surface area contributed by atoms with Gasteiger partial charge in [0.1, 0.15) is 0 Å². The molecule has 138 valence electrons. The van der Waals surface area contributed by atoms with Gasteiger partial charge in [-0.15, -0.1) is 0 Å². The van der Waals surface area contributed by atoms with Gasteiger partial charge in [-0.1, -0.05) is 48.5 Å². The number of hydrogen-bond donors (Lipinski definition) is 3. The molecule has 5 heteroatoms. The molecule has 0 spiro atoms. The minimum Gasteiger partial charge on any atom is -0.394 e. The number of aromatic nitrogens is 2. The molecular weight excluding hydrogens is 338 g/mol. The molecule has 0 aliphatic carbocycles. The maximum Gasteiger partial charge on any atom is 0.0992 e. The number of rotatable bonds is 6. The van der Waals surface area contributed by atoms with Gasteiger partial charge in [-0.2, -0.15) is 0 Å². The van der Waals surface area contributed by atoms with Crippen LogP contribution in [0.15, 0.2) is 67.3 Å². The molecule has 0 saturated heterocycles. The van der Waals surface area contributed by atoms with Crippen LogP contribution in [-0.4, -0.2) is 38.5 Å². The van der Waals surface area contributed by atoms with Crippen LogP contribution in [0, 0.1) is 0 Å². The van der Waals surface area contributed by atoms with Gasteiger partial charge in [0, 0.05) is 29.7 Å². The van der Waals surface area contributed by atoms with Crippen molar-refractivity contribution < 1.29 is 10.2 Å². The zero-order valence-electron chi connectivity index (χ0n) is 15.3. The fourth-order valence-electron chi connectivity index (χ4n) is 3.52. The lowest BCUT2D eigenvalue weighted by molar-refractivity contribution is 0.103. The average molecular weight is 361 g/mol. The van der Waals surface area contributed by atoms with E-state index in [0.29, 0.717) is 6.54 Å². The molecule has 1 heterocycles. The SMILES string of the molecule is CC(CO)(CO)NCc1c2ccccc2c(-n2ccnc2)c2ccccc12. The van der Waals surface area contributed by atoms with Gasteiger partial charge in [0.15, 0.2) is 0 Å². The molecule has 0 amide bonds. The van der Waals surface area contributed by atoms with E-state index < -0.39 is 5.54 Å². The fourth-order valence-corrected chi connectivity index (χ4v) is 3.52. The van der Waals surface area contributed by atoms with Crippen molar-refractivity contribution >= 4 is 21.5 Å². The van der Waals surface area contributed by atoms with Crippen LogP contribution in [0.3, 0.4) is 0 Å². The van der Waals surface area contributed by atoms with Gasteiger partial charge in [0.2, 0.25) is 0 Å². The molecule has 27 heavy (non-hydrogen) atoms. The second kappa shape index (κ2) is 7.12. The molecule has 3 N–H and O–H groups in total. The van der Waals surface area contributed by atoms with Gasteiger partial charge in [-0.05, 0) is 23.3 Å². The number of aliphatic hydroxyl groups is 2. The van der Waals surface area contributed by atoms with Crippen molar-refractivity contribution in [3.8, 4) is 5.69 Å². The average Bonchev–Trinajstić information content (AvgIpc) is 3.25. The quantitative estimate of drug-likeness (QED) is 0.462.